The topological polar surface area (TPSA) is 92.9 Å². The van der Waals surface area contributed by atoms with E-state index < -0.39 is 10.7 Å². The lowest BCUT2D eigenvalue weighted by atomic mass is 10.1. The number of allylic oxidation sites excluding steroid dienone is 1. The van der Waals surface area contributed by atoms with Gasteiger partial charge in [0.15, 0.2) is 5.78 Å². The Hall–Kier alpha value is -2.41. The maximum Gasteiger partial charge on any atom is 0.270 e. The molecular weight excluding hydrogens is 264 g/mol. The van der Waals surface area contributed by atoms with Crippen molar-refractivity contribution in [3.63, 3.8) is 0 Å². The molecule has 0 aromatic heterocycles. The fourth-order valence-corrected chi connectivity index (χ4v) is 1.82. The number of phenols is 1. The van der Waals surface area contributed by atoms with E-state index in [1.807, 2.05) is 4.90 Å². The van der Waals surface area contributed by atoms with E-state index in [2.05, 4.69) is 0 Å². The molecule has 106 valence electrons. The molecule has 7 heteroatoms. The summed E-state index contributed by atoms with van der Waals surface area (Å²) in [5, 5.41) is 20.3. The predicted molar refractivity (Wildman–Crippen MR) is 70.6 cm³/mol. The van der Waals surface area contributed by atoms with E-state index in [9.17, 15) is 20.0 Å². The highest BCUT2D eigenvalue weighted by molar-refractivity contribution is 6.06. The van der Waals surface area contributed by atoms with Crippen molar-refractivity contribution < 1.29 is 19.6 Å². The van der Waals surface area contributed by atoms with Crippen LogP contribution in [0.3, 0.4) is 0 Å². The van der Waals surface area contributed by atoms with Crippen LogP contribution in [0.1, 0.15) is 10.4 Å². The number of carbonyl (C=O) groups excluding carboxylic acids is 1. The van der Waals surface area contributed by atoms with Gasteiger partial charge >= 0.3 is 0 Å². The van der Waals surface area contributed by atoms with Gasteiger partial charge in [-0.3, -0.25) is 14.9 Å². The maximum absolute atomic E-state index is 12.0. The van der Waals surface area contributed by atoms with E-state index in [1.165, 1.54) is 6.08 Å². The van der Waals surface area contributed by atoms with Crippen LogP contribution in [0.4, 0.5) is 5.69 Å². The van der Waals surface area contributed by atoms with Gasteiger partial charge in [0.25, 0.3) is 5.69 Å². The molecule has 7 nitrogen and oxygen atoms in total. The Kier molecular flexibility index (Phi) is 4.31. The van der Waals surface area contributed by atoms with Crippen LogP contribution in [0.5, 0.6) is 5.75 Å². The number of ether oxygens (including phenoxy) is 1. The highest BCUT2D eigenvalue weighted by atomic mass is 16.6. The molecule has 1 aliphatic rings. The molecule has 0 radical (unpaired) electrons. The molecule has 1 aliphatic heterocycles. The highest BCUT2D eigenvalue weighted by Crippen LogP contribution is 2.23. The minimum Gasteiger partial charge on any atom is -0.507 e. The van der Waals surface area contributed by atoms with Crippen LogP contribution < -0.4 is 0 Å². The molecule has 1 fully saturated rings. The SMILES string of the molecule is O=C(/C=C\N1CCOCC1)c1cc([N+](=O)[O-])ccc1O. The number of nitro groups is 1. The normalized spacial score (nSPS) is 15.5. The van der Waals surface area contributed by atoms with Crippen LogP contribution in [0.2, 0.25) is 0 Å². The lowest BCUT2D eigenvalue weighted by Gasteiger charge is -2.24. The summed E-state index contributed by atoms with van der Waals surface area (Å²) in [5.74, 6) is -0.745. The second-order valence-corrected chi connectivity index (χ2v) is 4.29. The highest BCUT2D eigenvalue weighted by Gasteiger charge is 2.15. The van der Waals surface area contributed by atoms with E-state index in [0.29, 0.717) is 26.3 Å². The average molecular weight is 278 g/mol. The molecule has 20 heavy (non-hydrogen) atoms. The summed E-state index contributed by atoms with van der Waals surface area (Å²) in [7, 11) is 0. The van der Waals surface area contributed by atoms with Crippen LogP contribution in [0.25, 0.3) is 0 Å². The molecule has 1 saturated heterocycles. The Labute approximate surface area is 115 Å². The summed E-state index contributed by atoms with van der Waals surface area (Å²) in [4.78, 5) is 23.9. The van der Waals surface area contributed by atoms with Gasteiger partial charge in [-0.1, -0.05) is 0 Å². The van der Waals surface area contributed by atoms with Crippen molar-refractivity contribution in [2.24, 2.45) is 0 Å². The number of benzene rings is 1. The van der Waals surface area contributed by atoms with Crippen LogP contribution in [-0.2, 0) is 4.74 Å². The van der Waals surface area contributed by atoms with Gasteiger partial charge < -0.3 is 14.7 Å². The Balaban J connectivity index is 2.13. The van der Waals surface area contributed by atoms with Crippen molar-refractivity contribution in [3.05, 3.63) is 46.2 Å². The first-order valence-electron chi connectivity index (χ1n) is 6.09. The molecule has 0 amide bonds. The number of hydrogen-bond acceptors (Lipinski definition) is 6. The molecule has 1 heterocycles. The minimum absolute atomic E-state index is 0.0799. The first kappa shape index (κ1) is 14.0. The lowest BCUT2D eigenvalue weighted by Crippen LogP contribution is -2.32. The minimum atomic E-state index is -0.609. The number of phenolic OH excluding ortho intramolecular Hbond substituents is 1. The van der Waals surface area contributed by atoms with Crippen LogP contribution in [-0.4, -0.2) is 47.0 Å². The van der Waals surface area contributed by atoms with Crippen LogP contribution >= 0.6 is 0 Å². The largest absolute Gasteiger partial charge is 0.507 e. The summed E-state index contributed by atoms with van der Waals surface area (Å²) >= 11 is 0. The number of morpholine rings is 1. The van der Waals surface area contributed by atoms with Crippen molar-refractivity contribution in [1.29, 1.82) is 0 Å². The summed E-state index contributed by atoms with van der Waals surface area (Å²) in [6.07, 6.45) is 2.91. The number of non-ortho nitro benzene ring substituents is 1. The Morgan fingerprint density at radius 3 is 2.75 bits per heavy atom. The van der Waals surface area contributed by atoms with Crippen LogP contribution in [0, 0.1) is 10.1 Å². The Bertz CT molecular complexity index is 550. The zero-order valence-electron chi connectivity index (χ0n) is 10.7. The average Bonchev–Trinajstić information content (AvgIpc) is 2.46. The first-order chi connectivity index (χ1) is 9.58. The molecule has 0 spiro atoms. The molecule has 0 aliphatic carbocycles. The lowest BCUT2D eigenvalue weighted by molar-refractivity contribution is -0.384. The predicted octanol–water partition coefficient (Wildman–Crippen LogP) is 1.33. The third kappa shape index (κ3) is 3.33. The molecule has 1 N–H and O–H groups in total. The molecule has 0 saturated carbocycles. The Morgan fingerprint density at radius 2 is 2.10 bits per heavy atom. The summed E-state index contributed by atoms with van der Waals surface area (Å²) in [6, 6.07) is 3.37. The summed E-state index contributed by atoms with van der Waals surface area (Å²) < 4.78 is 5.18. The zero-order chi connectivity index (χ0) is 14.5. The van der Waals surface area contributed by atoms with Crippen molar-refractivity contribution in [1.82, 2.24) is 4.90 Å². The quantitative estimate of drug-likeness (QED) is 0.386. The van der Waals surface area contributed by atoms with E-state index in [1.54, 1.807) is 6.20 Å². The second-order valence-electron chi connectivity index (χ2n) is 4.29. The number of nitro benzene ring substituents is 1. The smallest absolute Gasteiger partial charge is 0.270 e. The van der Waals surface area contributed by atoms with Crippen molar-refractivity contribution in [2.75, 3.05) is 26.3 Å². The molecule has 1 aromatic carbocycles. The fourth-order valence-electron chi connectivity index (χ4n) is 1.82. The molecule has 0 bridgehead atoms. The summed E-state index contributed by atoms with van der Waals surface area (Å²) in [6.45, 7) is 2.57. The number of carbonyl (C=O) groups is 1. The Morgan fingerprint density at radius 1 is 1.40 bits per heavy atom. The van der Waals surface area contributed by atoms with Crippen molar-refractivity contribution >= 4 is 11.5 Å². The van der Waals surface area contributed by atoms with Gasteiger partial charge in [-0.05, 0) is 6.07 Å². The molecule has 0 atom stereocenters. The monoisotopic (exact) mass is 278 g/mol. The number of nitrogens with zero attached hydrogens (tertiary/aromatic N) is 2. The van der Waals surface area contributed by atoms with E-state index in [0.717, 1.165) is 18.2 Å². The summed E-state index contributed by atoms with van der Waals surface area (Å²) in [5.41, 5.74) is -0.311. The van der Waals surface area contributed by atoms with Gasteiger partial charge in [-0.2, -0.15) is 0 Å². The first-order valence-corrected chi connectivity index (χ1v) is 6.09. The number of rotatable bonds is 4. The van der Waals surface area contributed by atoms with Gasteiger partial charge in [0, 0.05) is 37.5 Å². The van der Waals surface area contributed by atoms with Gasteiger partial charge in [0.05, 0.1) is 23.7 Å². The second kappa shape index (κ2) is 6.16. The third-order valence-electron chi connectivity index (χ3n) is 2.94. The maximum atomic E-state index is 12.0. The van der Waals surface area contributed by atoms with Crippen molar-refractivity contribution in [2.45, 2.75) is 0 Å². The molecular formula is C13H14N2O5. The molecule has 2 rings (SSSR count). The third-order valence-corrected chi connectivity index (χ3v) is 2.94. The van der Waals surface area contributed by atoms with E-state index in [-0.39, 0.29) is 17.0 Å². The van der Waals surface area contributed by atoms with Crippen LogP contribution in [0.15, 0.2) is 30.5 Å². The molecule has 1 aromatic rings. The fraction of sp³-hybridized carbons (Fsp3) is 0.308. The van der Waals surface area contributed by atoms with Gasteiger partial charge in [0.1, 0.15) is 5.75 Å². The zero-order valence-corrected chi connectivity index (χ0v) is 10.7. The van der Waals surface area contributed by atoms with Gasteiger partial charge in [0.2, 0.25) is 0 Å². The number of ketones is 1. The number of aromatic hydroxyl groups is 1. The van der Waals surface area contributed by atoms with E-state index in [4.69, 9.17) is 4.74 Å². The molecule has 0 unspecified atom stereocenters. The number of hydrogen-bond donors (Lipinski definition) is 1. The van der Waals surface area contributed by atoms with Gasteiger partial charge in [-0.15, -0.1) is 0 Å². The van der Waals surface area contributed by atoms with E-state index >= 15 is 0 Å². The standard InChI is InChI=1S/C13H14N2O5/c16-12-2-1-10(15(18)19)9-11(12)13(17)3-4-14-5-7-20-8-6-14/h1-4,9,16H,5-8H2/b4-3-. The van der Waals surface area contributed by atoms with Gasteiger partial charge in [-0.25, -0.2) is 0 Å². The van der Waals surface area contributed by atoms with Crippen molar-refractivity contribution in [3.8, 4) is 5.75 Å².